The zero-order valence-electron chi connectivity index (χ0n) is 17.1. The van der Waals surface area contributed by atoms with Crippen LogP contribution in [0.25, 0.3) is 0 Å². The fourth-order valence-electron chi connectivity index (χ4n) is 3.65. The van der Waals surface area contributed by atoms with Crippen molar-refractivity contribution in [2.24, 2.45) is 5.14 Å². The number of hydrogen-bond acceptors (Lipinski definition) is 7. The number of rotatable bonds is 8. The van der Waals surface area contributed by atoms with Crippen LogP contribution < -0.4 is 10.5 Å². The van der Waals surface area contributed by atoms with Gasteiger partial charge in [0, 0.05) is 6.04 Å². The van der Waals surface area contributed by atoms with Gasteiger partial charge >= 0.3 is 0 Å². The maximum absolute atomic E-state index is 13.1. The number of sulfonamides is 1. The van der Waals surface area contributed by atoms with Crippen molar-refractivity contribution < 1.29 is 25.3 Å². The summed E-state index contributed by atoms with van der Waals surface area (Å²) < 4.78 is 73.3. The van der Waals surface area contributed by atoms with Gasteiger partial charge in [-0.2, -0.15) is 0 Å². The van der Waals surface area contributed by atoms with Gasteiger partial charge in [-0.3, -0.25) is 0 Å². The molecular formula is C20H26N2O6S3. The number of nitrogens with one attached hydrogen (secondary N) is 1. The van der Waals surface area contributed by atoms with E-state index in [4.69, 9.17) is 5.14 Å². The number of aryl methyl sites for hydroxylation is 1. The molecule has 0 aliphatic carbocycles. The van der Waals surface area contributed by atoms with Crippen molar-refractivity contribution in [2.45, 2.75) is 40.8 Å². The van der Waals surface area contributed by atoms with E-state index in [2.05, 4.69) is 5.32 Å². The Morgan fingerprint density at radius 3 is 2.00 bits per heavy atom. The number of hydrogen-bond donors (Lipinski definition) is 2. The van der Waals surface area contributed by atoms with Gasteiger partial charge in [0.15, 0.2) is 19.7 Å². The van der Waals surface area contributed by atoms with E-state index in [0.717, 1.165) is 17.5 Å². The molecule has 0 unspecified atom stereocenters. The number of sulfone groups is 2. The van der Waals surface area contributed by atoms with E-state index in [9.17, 15) is 25.3 Å². The maximum Gasteiger partial charge on any atom is 0.238 e. The van der Waals surface area contributed by atoms with E-state index in [1.165, 1.54) is 24.3 Å². The molecule has 170 valence electrons. The summed E-state index contributed by atoms with van der Waals surface area (Å²) in [5, 5.41) is 7.10. The molecule has 0 bridgehead atoms. The topological polar surface area (TPSA) is 140 Å². The van der Waals surface area contributed by atoms with Crippen LogP contribution in [0, 0.1) is 0 Å². The average molecular weight is 487 g/mol. The Morgan fingerprint density at radius 1 is 0.903 bits per heavy atom. The van der Waals surface area contributed by atoms with Crippen molar-refractivity contribution >= 4 is 29.7 Å². The summed E-state index contributed by atoms with van der Waals surface area (Å²) in [5.74, 6) is -0.653. The highest BCUT2D eigenvalue weighted by molar-refractivity contribution is 7.96. The molecule has 2 aromatic carbocycles. The SMILES string of the molecule is CCc1ccc(S(=O)(=O)[C@H]2CS(=O)(=O)C[C@H]2NCCc2ccc(S(N)(=O)=O)cc2)cc1. The first-order valence-electron chi connectivity index (χ1n) is 9.81. The molecule has 0 radical (unpaired) electrons. The quantitative estimate of drug-likeness (QED) is 0.559. The summed E-state index contributed by atoms with van der Waals surface area (Å²) in [5.41, 5.74) is 1.82. The lowest BCUT2D eigenvalue weighted by Gasteiger charge is -2.20. The van der Waals surface area contributed by atoms with Gasteiger partial charge in [0.25, 0.3) is 0 Å². The largest absolute Gasteiger partial charge is 0.311 e. The minimum absolute atomic E-state index is 0.00587. The predicted octanol–water partition coefficient (Wildman–Crippen LogP) is 0.668. The van der Waals surface area contributed by atoms with Gasteiger partial charge < -0.3 is 5.32 Å². The number of primary sulfonamides is 1. The molecule has 31 heavy (non-hydrogen) atoms. The van der Waals surface area contributed by atoms with E-state index < -0.39 is 46.7 Å². The summed E-state index contributed by atoms with van der Waals surface area (Å²) >= 11 is 0. The predicted molar refractivity (Wildman–Crippen MR) is 119 cm³/mol. The lowest BCUT2D eigenvalue weighted by atomic mass is 10.1. The average Bonchev–Trinajstić information content (AvgIpc) is 3.03. The van der Waals surface area contributed by atoms with Crippen LogP contribution in [-0.4, -0.2) is 54.6 Å². The third-order valence-corrected chi connectivity index (χ3v) is 10.5. The molecule has 1 heterocycles. The zero-order valence-corrected chi connectivity index (χ0v) is 19.5. The summed E-state index contributed by atoms with van der Waals surface area (Å²) in [6.45, 7) is 2.31. The second-order valence-electron chi connectivity index (χ2n) is 7.66. The third kappa shape index (κ3) is 5.72. The molecule has 2 atom stereocenters. The van der Waals surface area contributed by atoms with E-state index in [1.807, 2.05) is 6.92 Å². The monoisotopic (exact) mass is 486 g/mol. The van der Waals surface area contributed by atoms with Gasteiger partial charge in [0.05, 0.1) is 26.5 Å². The molecular weight excluding hydrogens is 460 g/mol. The van der Waals surface area contributed by atoms with Gasteiger partial charge in [-0.05, 0) is 54.8 Å². The molecule has 8 nitrogen and oxygen atoms in total. The van der Waals surface area contributed by atoms with Crippen molar-refractivity contribution in [3.05, 3.63) is 59.7 Å². The number of benzene rings is 2. The Balaban J connectivity index is 1.71. The molecule has 0 amide bonds. The van der Waals surface area contributed by atoms with Gasteiger partial charge in [0.1, 0.15) is 0 Å². The van der Waals surface area contributed by atoms with Crippen molar-refractivity contribution in [3.63, 3.8) is 0 Å². The Bertz CT molecular complexity index is 1240. The molecule has 0 aromatic heterocycles. The van der Waals surface area contributed by atoms with E-state index in [1.54, 1.807) is 24.3 Å². The first-order chi connectivity index (χ1) is 14.4. The van der Waals surface area contributed by atoms with Gasteiger partial charge in [-0.15, -0.1) is 0 Å². The van der Waals surface area contributed by atoms with Crippen LogP contribution in [0.4, 0.5) is 0 Å². The molecule has 1 aliphatic rings. The van der Waals surface area contributed by atoms with E-state index in [-0.39, 0.29) is 15.5 Å². The second kappa shape index (κ2) is 8.99. The van der Waals surface area contributed by atoms with E-state index in [0.29, 0.717) is 13.0 Å². The molecule has 1 saturated heterocycles. The lowest BCUT2D eigenvalue weighted by Crippen LogP contribution is -2.44. The molecule has 3 rings (SSSR count). The standard InChI is InChI=1S/C20H26N2O6S3/c1-2-15-3-7-17(8-4-15)30(25,26)20-14-29(23,24)13-19(20)22-12-11-16-5-9-18(10-6-16)31(21,27)28/h3-10,19-20,22H,2,11-14H2,1H3,(H2,21,27,28)/t19-,20+/m1/s1. The summed E-state index contributed by atoms with van der Waals surface area (Å²) in [4.78, 5) is 0.128. The Labute approximate surface area is 183 Å². The van der Waals surface area contributed by atoms with Crippen molar-refractivity contribution in [2.75, 3.05) is 18.1 Å². The fraction of sp³-hybridized carbons (Fsp3) is 0.400. The first kappa shape index (κ1) is 23.9. The Hall–Kier alpha value is -1.79. The molecule has 0 saturated carbocycles. The van der Waals surface area contributed by atoms with Crippen LogP contribution in [0.15, 0.2) is 58.3 Å². The summed E-state index contributed by atoms with van der Waals surface area (Å²) in [6, 6.07) is 11.9. The first-order valence-corrected chi connectivity index (χ1v) is 14.7. The Kier molecular flexibility index (Phi) is 6.92. The normalized spacial score (nSPS) is 21.2. The lowest BCUT2D eigenvalue weighted by molar-refractivity contribution is 0.528. The fourth-order valence-corrected chi connectivity index (χ4v) is 8.88. The third-order valence-electron chi connectivity index (χ3n) is 5.43. The zero-order chi connectivity index (χ0) is 22.9. The van der Waals surface area contributed by atoms with Crippen molar-refractivity contribution in [1.29, 1.82) is 0 Å². The molecule has 2 aromatic rings. The molecule has 1 fully saturated rings. The van der Waals surface area contributed by atoms with Crippen LogP contribution in [0.5, 0.6) is 0 Å². The van der Waals surface area contributed by atoms with E-state index >= 15 is 0 Å². The van der Waals surface area contributed by atoms with Gasteiger partial charge in [0.2, 0.25) is 10.0 Å². The summed E-state index contributed by atoms with van der Waals surface area (Å²) in [7, 11) is -11.1. The summed E-state index contributed by atoms with van der Waals surface area (Å²) in [6.07, 6.45) is 1.25. The highest BCUT2D eigenvalue weighted by Crippen LogP contribution is 2.26. The molecule has 1 aliphatic heterocycles. The minimum Gasteiger partial charge on any atom is -0.311 e. The van der Waals surface area contributed by atoms with Gasteiger partial charge in [-0.1, -0.05) is 31.2 Å². The highest BCUT2D eigenvalue weighted by Gasteiger charge is 2.45. The molecule has 11 heteroatoms. The molecule has 3 N–H and O–H groups in total. The van der Waals surface area contributed by atoms with Crippen molar-refractivity contribution in [1.82, 2.24) is 5.32 Å². The maximum atomic E-state index is 13.1. The number of nitrogens with two attached hydrogens (primary N) is 1. The van der Waals surface area contributed by atoms with Crippen LogP contribution in [-0.2, 0) is 42.5 Å². The second-order valence-corrected chi connectivity index (χ2v) is 13.5. The Morgan fingerprint density at radius 2 is 1.45 bits per heavy atom. The van der Waals surface area contributed by atoms with Crippen LogP contribution >= 0.6 is 0 Å². The van der Waals surface area contributed by atoms with Crippen molar-refractivity contribution in [3.8, 4) is 0 Å². The minimum atomic E-state index is -3.82. The highest BCUT2D eigenvalue weighted by atomic mass is 32.2. The van der Waals surface area contributed by atoms with Crippen LogP contribution in [0.2, 0.25) is 0 Å². The smallest absolute Gasteiger partial charge is 0.238 e. The van der Waals surface area contributed by atoms with Crippen LogP contribution in [0.1, 0.15) is 18.1 Å². The van der Waals surface area contributed by atoms with Gasteiger partial charge in [-0.25, -0.2) is 30.4 Å². The molecule has 0 spiro atoms. The van der Waals surface area contributed by atoms with Crippen LogP contribution in [0.3, 0.4) is 0 Å².